The molecule has 1 saturated heterocycles. The Hall–Kier alpha value is -4.73. The summed E-state index contributed by atoms with van der Waals surface area (Å²) in [6.45, 7) is 2.23. The summed E-state index contributed by atoms with van der Waals surface area (Å²) >= 11 is 0. The molecule has 4 atom stereocenters. The molecule has 5 aromatic rings. The number of ether oxygens (including phenoxy) is 1. The van der Waals surface area contributed by atoms with Gasteiger partial charge in [0, 0.05) is 19.0 Å². The Morgan fingerprint density at radius 3 is 2.17 bits per heavy atom. The highest BCUT2D eigenvalue weighted by Crippen LogP contribution is 2.33. The van der Waals surface area contributed by atoms with E-state index in [-0.39, 0.29) is 29.7 Å². The van der Waals surface area contributed by atoms with Crippen LogP contribution < -0.4 is 15.4 Å². The zero-order chi connectivity index (χ0) is 33.7. The molecule has 3 aromatic carbocycles. The molecule has 2 aromatic heterocycles. The van der Waals surface area contributed by atoms with E-state index in [1.54, 1.807) is 31.2 Å². The first-order chi connectivity index (χ1) is 23.2. The van der Waals surface area contributed by atoms with Gasteiger partial charge in [-0.2, -0.15) is 0 Å². The summed E-state index contributed by atoms with van der Waals surface area (Å²) in [6, 6.07) is 28.8. The molecule has 5 N–H and O–H groups in total. The Morgan fingerprint density at radius 2 is 1.54 bits per heavy atom. The standard InChI is InChI=1S/C34H37N7O6S/c1-2-35-33(44)30-28(42)29(43)34(47-30)41-21-37-27-31(36-18-25(23-14-8-4-9-15-23)24-16-10-5-11-17-24)39-26(40-32(27)41)19-38-48(45,46)20-22-12-6-3-7-13-22/h3-17,21,25,28-30,34,38,42-43H,2,18-20H2,1H3,(H,35,44)(H,36,39,40). The summed E-state index contributed by atoms with van der Waals surface area (Å²) in [5.74, 6) is -0.389. The molecule has 0 saturated carbocycles. The van der Waals surface area contributed by atoms with Gasteiger partial charge in [0.05, 0.1) is 18.6 Å². The van der Waals surface area contributed by atoms with Crippen LogP contribution in [0.15, 0.2) is 97.3 Å². The van der Waals surface area contributed by atoms with Gasteiger partial charge < -0.3 is 25.6 Å². The third-order valence-corrected chi connectivity index (χ3v) is 9.41. The zero-order valence-electron chi connectivity index (χ0n) is 26.2. The fraction of sp³-hybridized carbons (Fsp3) is 0.294. The lowest BCUT2D eigenvalue weighted by Crippen LogP contribution is -2.42. The average Bonchev–Trinajstić information content (AvgIpc) is 3.65. The summed E-state index contributed by atoms with van der Waals surface area (Å²) in [6.07, 6.45) is -4.11. The average molecular weight is 672 g/mol. The number of aliphatic hydroxyl groups is 2. The minimum absolute atomic E-state index is 0.0692. The number of carbonyl (C=O) groups excluding carboxylic acids is 1. The van der Waals surface area contributed by atoms with Crippen molar-refractivity contribution in [2.24, 2.45) is 0 Å². The highest BCUT2D eigenvalue weighted by molar-refractivity contribution is 7.88. The Kier molecular flexibility index (Phi) is 10.1. The maximum Gasteiger partial charge on any atom is 0.252 e. The monoisotopic (exact) mass is 671 g/mol. The van der Waals surface area contributed by atoms with Crippen LogP contribution >= 0.6 is 0 Å². The second-order valence-electron chi connectivity index (χ2n) is 11.5. The van der Waals surface area contributed by atoms with Crippen molar-refractivity contribution >= 4 is 32.9 Å². The van der Waals surface area contributed by atoms with Gasteiger partial charge in [-0.1, -0.05) is 91.0 Å². The Bertz CT molecular complexity index is 1910. The van der Waals surface area contributed by atoms with Crippen molar-refractivity contribution in [2.75, 3.05) is 18.4 Å². The van der Waals surface area contributed by atoms with Crippen LogP contribution in [-0.4, -0.2) is 75.5 Å². The zero-order valence-corrected chi connectivity index (χ0v) is 27.0. The van der Waals surface area contributed by atoms with Crippen molar-refractivity contribution in [1.82, 2.24) is 29.6 Å². The lowest BCUT2D eigenvalue weighted by Gasteiger charge is -2.20. The van der Waals surface area contributed by atoms with Crippen LogP contribution in [0.2, 0.25) is 0 Å². The van der Waals surface area contributed by atoms with Gasteiger partial charge in [0.1, 0.15) is 18.0 Å². The van der Waals surface area contributed by atoms with E-state index in [0.29, 0.717) is 30.0 Å². The molecule has 0 aliphatic carbocycles. The second-order valence-corrected chi connectivity index (χ2v) is 13.3. The Balaban J connectivity index is 1.34. The molecule has 6 rings (SSSR count). The molecule has 1 aliphatic rings. The lowest BCUT2D eigenvalue weighted by atomic mass is 9.91. The third-order valence-electron chi connectivity index (χ3n) is 8.12. The fourth-order valence-electron chi connectivity index (χ4n) is 5.75. The molecule has 48 heavy (non-hydrogen) atoms. The van der Waals surface area contributed by atoms with Crippen molar-refractivity contribution in [3.63, 3.8) is 0 Å². The van der Waals surface area contributed by atoms with Crippen molar-refractivity contribution in [2.45, 2.75) is 49.7 Å². The van der Waals surface area contributed by atoms with E-state index in [1.807, 2.05) is 66.7 Å². The number of anilines is 1. The molecule has 0 spiro atoms. The molecular weight excluding hydrogens is 634 g/mol. The second kappa shape index (κ2) is 14.6. The lowest BCUT2D eigenvalue weighted by molar-refractivity contribution is -0.137. The van der Waals surface area contributed by atoms with Crippen LogP contribution in [0.25, 0.3) is 11.2 Å². The smallest absolute Gasteiger partial charge is 0.252 e. The number of likely N-dealkylation sites (N-methyl/N-ethyl adjacent to an activating group) is 1. The summed E-state index contributed by atoms with van der Waals surface area (Å²) < 4.78 is 35.8. The first-order valence-corrected chi connectivity index (χ1v) is 17.3. The van der Waals surface area contributed by atoms with Crippen LogP contribution in [-0.2, 0) is 31.9 Å². The van der Waals surface area contributed by atoms with Crippen molar-refractivity contribution < 1.29 is 28.2 Å². The van der Waals surface area contributed by atoms with E-state index < -0.39 is 40.5 Å². The van der Waals surface area contributed by atoms with Crippen molar-refractivity contribution in [1.29, 1.82) is 0 Å². The number of hydrogen-bond acceptors (Lipinski definition) is 10. The van der Waals surface area contributed by atoms with E-state index in [0.717, 1.165) is 11.1 Å². The number of sulfonamides is 1. The number of aromatic nitrogens is 4. The predicted molar refractivity (Wildman–Crippen MR) is 179 cm³/mol. The molecule has 3 heterocycles. The van der Waals surface area contributed by atoms with Crippen LogP contribution in [0, 0.1) is 0 Å². The molecule has 0 radical (unpaired) electrons. The minimum Gasteiger partial charge on any atom is -0.387 e. The van der Waals surface area contributed by atoms with E-state index in [2.05, 4.69) is 30.3 Å². The summed E-state index contributed by atoms with van der Waals surface area (Å²) in [5, 5.41) is 27.6. The number of benzene rings is 3. The number of nitrogens with one attached hydrogen (secondary N) is 3. The Morgan fingerprint density at radius 1 is 0.917 bits per heavy atom. The van der Waals surface area contributed by atoms with Gasteiger partial charge in [0.15, 0.2) is 29.3 Å². The van der Waals surface area contributed by atoms with E-state index in [1.165, 1.54) is 10.9 Å². The van der Waals surface area contributed by atoms with Gasteiger partial charge in [-0.25, -0.2) is 28.1 Å². The van der Waals surface area contributed by atoms with Gasteiger partial charge in [-0.15, -0.1) is 0 Å². The number of amides is 1. The highest BCUT2D eigenvalue weighted by Gasteiger charge is 2.47. The fourth-order valence-corrected chi connectivity index (χ4v) is 6.83. The summed E-state index contributed by atoms with van der Waals surface area (Å²) in [4.78, 5) is 26.3. The first kappa shape index (κ1) is 33.2. The summed E-state index contributed by atoms with van der Waals surface area (Å²) in [5.41, 5.74) is 3.33. The Labute approximate surface area is 278 Å². The number of nitrogens with zero attached hydrogens (tertiary/aromatic N) is 4. The molecule has 0 bridgehead atoms. The molecule has 250 valence electrons. The van der Waals surface area contributed by atoms with Gasteiger partial charge in [-0.05, 0) is 23.6 Å². The van der Waals surface area contributed by atoms with Gasteiger partial charge in [0.25, 0.3) is 5.91 Å². The van der Waals surface area contributed by atoms with E-state index in [4.69, 9.17) is 4.74 Å². The maximum absolute atomic E-state index is 13.0. The predicted octanol–water partition coefficient (Wildman–Crippen LogP) is 2.45. The number of aliphatic hydroxyl groups excluding tert-OH is 2. The van der Waals surface area contributed by atoms with Crippen molar-refractivity contribution in [3.05, 3.63) is 120 Å². The van der Waals surface area contributed by atoms with Crippen LogP contribution in [0.5, 0.6) is 0 Å². The molecule has 4 unspecified atom stereocenters. The normalized spacial score (nSPS) is 19.5. The molecule has 13 nitrogen and oxygen atoms in total. The topological polar surface area (TPSA) is 181 Å². The number of imidazole rings is 1. The quantitative estimate of drug-likeness (QED) is 0.125. The van der Waals surface area contributed by atoms with Crippen molar-refractivity contribution in [3.8, 4) is 0 Å². The third kappa shape index (κ3) is 7.37. The number of carbonyl (C=O) groups is 1. The maximum atomic E-state index is 13.0. The molecule has 1 amide bonds. The van der Waals surface area contributed by atoms with Gasteiger partial charge in [-0.3, -0.25) is 9.36 Å². The molecular formula is C34H37N7O6S. The number of rotatable bonds is 13. The highest BCUT2D eigenvalue weighted by atomic mass is 32.2. The summed E-state index contributed by atoms with van der Waals surface area (Å²) in [7, 11) is -3.76. The van der Waals surface area contributed by atoms with Crippen LogP contribution in [0.3, 0.4) is 0 Å². The molecule has 14 heteroatoms. The number of fused-ring (bicyclic) bond motifs is 1. The van der Waals surface area contributed by atoms with E-state index >= 15 is 0 Å². The van der Waals surface area contributed by atoms with E-state index in [9.17, 15) is 23.4 Å². The van der Waals surface area contributed by atoms with Gasteiger partial charge in [0.2, 0.25) is 10.0 Å². The first-order valence-electron chi connectivity index (χ1n) is 15.6. The number of hydrogen-bond donors (Lipinski definition) is 5. The van der Waals surface area contributed by atoms with Gasteiger partial charge >= 0.3 is 0 Å². The molecule has 1 fully saturated rings. The van der Waals surface area contributed by atoms with Crippen LogP contribution in [0.1, 0.15) is 41.6 Å². The SMILES string of the molecule is CCNC(=O)C1OC(n2cnc3c(NCC(c4ccccc4)c4ccccc4)nc(CNS(=O)(=O)Cc4ccccc4)nc32)C(O)C1O. The molecule has 1 aliphatic heterocycles. The largest absolute Gasteiger partial charge is 0.387 e. The minimum atomic E-state index is -3.76. The van der Waals surface area contributed by atoms with Crippen LogP contribution in [0.4, 0.5) is 5.82 Å².